The summed E-state index contributed by atoms with van der Waals surface area (Å²) >= 11 is 0. The van der Waals surface area contributed by atoms with Gasteiger partial charge in [0.2, 0.25) is 0 Å². The summed E-state index contributed by atoms with van der Waals surface area (Å²) in [4.78, 5) is 0. The minimum Gasteiger partial charge on any atom is -0.361 e. The molecule has 2 rings (SSSR count). The second-order valence-electron chi connectivity index (χ2n) is 4.15. The number of hydrogen-bond acceptors (Lipinski definition) is 3. The first-order chi connectivity index (χ1) is 6.83. The SMILES string of the molecule is Cc1noc(C2CCCCC2)c1CN. The fourth-order valence-corrected chi connectivity index (χ4v) is 2.34. The molecule has 1 aliphatic carbocycles. The van der Waals surface area contributed by atoms with E-state index < -0.39 is 0 Å². The molecule has 1 fully saturated rings. The predicted octanol–water partition coefficient (Wildman–Crippen LogP) is 2.49. The average molecular weight is 194 g/mol. The number of aryl methyl sites for hydroxylation is 1. The van der Waals surface area contributed by atoms with E-state index in [0.29, 0.717) is 12.5 Å². The Morgan fingerprint density at radius 3 is 2.71 bits per heavy atom. The fourth-order valence-electron chi connectivity index (χ4n) is 2.34. The molecule has 2 N–H and O–H groups in total. The summed E-state index contributed by atoms with van der Waals surface area (Å²) in [5.41, 5.74) is 7.80. The van der Waals surface area contributed by atoms with Gasteiger partial charge >= 0.3 is 0 Å². The molecule has 0 unspecified atom stereocenters. The molecule has 0 aromatic carbocycles. The highest BCUT2D eigenvalue weighted by Gasteiger charge is 2.23. The third-order valence-electron chi connectivity index (χ3n) is 3.20. The minimum atomic E-state index is 0.557. The molecule has 0 radical (unpaired) electrons. The van der Waals surface area contributed by atoms with Crippen molar-refractivity contribution in [3.8, 4) is 0 Å². The predicted molar refractivity (Wildman–Crippen MR) is 55.0 cm³/mol. The Bertz CT molecular complexity index is 300. The summed E-state index contributed by atoms with van der Waals surface area (Å²) in [5, 5.41) is 4.01. The zero-order chi connectivity index (χ0) is 9.97. The second kappa shape index (κ2) is 4.13. The lowest BCUT2D eigenvalue weighted by molar-refractivity contribution is 0.318. The van der Waals surface area contributed by atoms with E-state index in [1.54, 1.807) is 0 Å². The quantitative estimate of drug-likeness (QED) is 0.787. The van der Waals surface area contributed by atoms with Crippen LogP contribution in [0.3, 0.4) is 0 Å². The van der Waals surface area contributed by atoms with Gasteiger partial charge < -0.3 is 10.3 Å². The van der Waals surface area contributed by atoms with Crippen LogP contribution in [0.4, 0.5) is 0 Å². The number of nitrogens with zero attached hydrogens (tertiary/aromatic N) is 1. The van der Waals surface area contributed by atoms with Crippen LogP contribution in [-0.2, 0) is 6.54 Å². The molecular formula is C11H18N2O. The van der Waals surface area contributed by atoms with Gasteiger partial charge in [-0.25, -0.2) is 0 Å². The highest BCUT2D eigenvalue weighted by atomic mass is 16.5. The van der Waals surface area contributed by atoms with Crippen LogP contribution in [-0.4, -0.2) is 5.16 Å². The van der Waals surface area contributed by atoms with Crippen LogP contribution in [0.25, 0.3) is 0 Å². The van der Waals surface area contributed by atoms with E-state index in [9.17, 15) is 0 Å². The first kappa shape index (κ1) is 9.71. The zero-order valence-electron chi connectivity index (χ0n) is 8.75. The van der Waals surface area contributed by atoms with Crippen molar-refractivity contribution in [2.75, 3.05) is 0 Å². The molecule has 1 aromatic rings. The lowest BCUT2D eigenvalue weighted by atomic mass is 9.86. The molecule has 1 saturated carbocycles. The average Bonchev–Trinajstić information content (AvgIpc) is 2.61. The molecule has 0 saturated heterocycles. The first-order valence-electron chi connectivity index (χ1n) is 5.48. The largest absolute Gasteiger partial charge is 0.361 e. The summed E-state index contributed by atoms with van der Waals surface area (Å²) in [6, 6.07) is 0. The van der Waals surface area contributed by atoms with Gasteiger partial charge in [-0.15, -0.1) is 0 Å². The maximum atomic E-state index is 5.70. The molecule has 1 aliphatic rings. The van der Waals surface area contributed by atoms with Gasteiger partial charge in [-0.1, -0.05) is 24.4 Å². The smallest absolute Gasteiger partial charge is 0.144 e. The van der Waals surface area contributed by atoms with Crippen molar-refractivity contribution >= 4 is 0 Å². The van der Waals surface area contributed by atoms with Crippen LogP contribution in [0.2, 0.25) is 0 Å². The van der Waals surface area contributed by atoms with Gasteiger partial charge in [-0.3, -0.25) is 0 Å². The molecule has 0 spiro atoms. The maximum Gasteiger partial charge on any atom is 0.144 e. The molecule has 14 heavy (non-hydrogen) atoms. The Morgan fingerprint density at radius 1 is 1.36 bits per heavy atom. The second-order valence-corrected chi connectivity index (χ2v) is 4.15. The lowest BCUT2D eigenvalue weighted by Gasteiger charge is -2.19. The fraction of sp³-hybridized carbons (Fsp3) is 0.727. The van der Waals surface area contributed by atoms with Gasteiger partial charge in [-0.05, 0) is 19.8 Å². The topological polar surface area (TPSA) is 52.0 Å². The van der Waals surface area contributed by atoms with Crippen molar-refractivity contribution in [2.45, 2.75) is 51.5 Å². The summed E-state index contributed by atoms with van der Waals surface area (Å²) < 4.78 is 5.40. The summed E-state index contributed by atoms with van der Waals surface area (Å²) in [7, 11) is 0. The molecule has 0 aliphatic heterocycles. The molecular weight excluding hydrogens is 176 g/mol. The summed E-state index contributed by atoms with van der Waals surface area (Å²) in [6.07, 6.45) is 6.47. The Balaban J connectivity index is 2.21. The third kappa shape index (κ3) is 1.69. The molecule has 1 heterocycles. The molecule has 3 nitrogen and oxygen atoms in total. The van der Waals surface area contributed by atoms with Crippen LogP contribution < -0.4 is 5.73 Å². The van der Waals surface area contributed by atoms with Crippen LogP contribution in [0.5, 0.6) is 0 Å². The Morgan fingerprint density at radius 2 is 2.07 bits per heavy atom. The van der Waals surface area contributed by atoms with Crippen molar-refractivity contribution in [3.05, 3.63) is 17.0 Å². The number of hydrogen-bond donors (Lipinski definition) is 1. The van der Waals surface area contributed by atoms with E-state index >= 15 is 0 Å². The molecule has 1 aromatic heterocycles. The van der Waals surface area contributed by atoms with E-state index in [1.807, 2.05) is 6.92 Å². The van der Waals surface area contributed by atoms with E-state index in [2.05, 4.69) is 5.16 Å². The Labute approximate surface area is 84.7 Å². The van der Waals surface area contributed by atoms with Gasteiger partial charge in [0.15, 0.2) is 0 Å². The molecule has 0 bridgehead atoms. The van der Waals surface area contributed by atoms with Gasteiger partial charge in [0.1, 0.15) is 5.76 Å². The summed E-state index contributed by atoms with van der Waals surface area (Å²) in [6.45, 7) is 2.53. The van der Waals surface area contributed by atoms with Crippen LogP contribution in [0.1, 0.15) is 55.0 Å². The normalized spacial score (nSPS) is 18.7. The molecule has 0 atom stereocenters. The minimum absolute atomic E-state index is 0.557. The van der Waals surface area contributed by atoms with Crippen molar-refractivity contribution in [1.29, 1.82) is 0 Å². The van der Waals surface area contributed by atoms with Crippen molar-refractivity contribution in [1.82, 2.24) is 5.16 Å². The van der Waals surface area contributed by atoms with E-state index in [4.69, 9.17) is 10.3 Å². The van der Waals surface area contributed by atoms with E-state index in [1.165, 1.54) is 32.1 Å². The van der Waals surface area contributed by atoms with Crippen LogP contribution in [0.15, 0.2) is 4.52 Å². The standard InChI is InChI=1S/C11H18N2O/c1-8-10(7-12)11(14-13-8)9-5-3-2-4-6-9/h9H,2-7,12H2,1H3. The maximum absolute atomic E-state index is 5.70. The first-order valence-corrected chi connectivity index (χ1v) is 5.48. The number of nitrogens with two attached hydrogens (primary N) is 1. The molecule has 3 heteroatoms. The Hall–Kier alpha value is -0.830. The zero-order valence-corrected chi connectivity index (χ0v) is 8.75. The Kier molecular flexibility index (Phi) is 2.87. The molecule has 78 valence electrons. The van der Waals surface area contributed by atoms with Crippen molar-refractivity contribution < 1.29 is 4.52 Å². The number of rotatable bonds is 2. The lowest BCUT2D eigenvalue weighted by Crippen LogP contribution is -2.08. The van der Waals surface area contributed by atoms with Gasteiger partial charge in [0.05, 0.1) is 5.69 Å². The monoisotopic (exact) mass is 194 g/mol. The van der Waals surface area contributed by atoms with Crippen LogP contribution in [0, 0.1) is 6.92 Å². The van der Waals surface area contributed by atoms with Crippen molar-refractivity contribution in [2.24, 2.45) is 5.73 Å². The third-order valence-corrected chi connectivity index (χ3v) is 3.20. The van der Waals surface area contributed by atoms with Crippen molar-refractivity contribution in [3.63, 3.8) is 0 Å². The van der Waals surface area contributed by atoms with Crippen LogP contribution >= 0.6 is 0 Å². The summed E-state index contributed by atoms with van der Waals surface area (Å²) in [5.74, 6) is 1.63. The van der Waals surface area contributed by atoms with E-state index in [-0.39, 0.29) is 0 Å². The highest BCUT2D eigenvalue weighted by Crippen LogP contribution is 2.35. The highest BCUT2D eigenvalue weighted by molar-refractivity contribution is 5.24. The van der Waals surface area contributed by atoms with Gasteiger partial charge in [-0.2, -0.15) is 0 Å². The number of aromatic nitrogens is 1. The van der Waals surface area contributed by atoms with Gasteiger partial charge in [0, 0.05) is 18.0 Å². The van der Waals surface area contributed by atoms with Gasteiger partial charge in [0.25, 0.3) is 0 Å². The van der Waals surface area contributed by atoms with E-state index in [0.717, 1.165) is 17.0 Å². The molecule has 0 amide bonds.